The summed E-state index contributed by atoms with van der Waals surface area (Å²) in [4.78, 5) is 12.4. The predicted octanol–water partition coefficient (Wildman–Crippen LogP) is 3.50. The number of hydrazone groups is 1. The zero-order chi connectivity index (χ0) is 16.9. The van der Waals surface area contributed by atoms with Gasteiger partial charge in [0, 0.05) is 12.1 Å². The highest BCUT2D eigenvalue weighted by Crippen LogP contribution is 2.35. The van der Waals surface area contributed by atoms with Crippen LogP contribution in [0.15, 0.2) is 23.3 Å². The molecule has 0 N–H and O–H groups in total. The zero-order valence-electron chi connectivity index (χ0n) is 13.5. The Morgan fingerprint density at radius 1 is 1.43 bits per heavy atom. The second-order valence-corrected chi connectivity index (χ2v) is 5.62. The number of esters is 1. The molecule has 1 aliphatic heterocycles. The maximum absolute atomic E-state index is 13.7. The van der Waals surface area contributed by atoms with Crippen LogP contribution in [0, 0.1) is 11.6 Å². The van der Waals surface area contributed by atoms with Gasteiger partial charge in [0.2, 0.25) is 0 Å². The quantitative estimate of drug-likeness (QED) is 0.594. The van der Waals surface area contributed by atoms with E-state index in [9.17, 15) is 13.6 Å². The smallest absolute Gasteiger partial charge is 0.333 e. The molecule has 2 rings (SSSR count). The van der Waals surface area contributed by atoms with Gasteiger partial charge in [-0.15, -0.1) is 0 Å². The number of nitrogens with zero attached hydrogens (tertiary/aromatic N) is 2. The van der Waals surface area contributed by atoms with Gasteiger partial charge in [-0.1, -0.05) is 25.5 Å². The van der Waals surface area contributed by atoms with E-state index in [1.807, 2.05) is 6.92 Å². The summed E-state index contributed by atoms with van der Waals surface area (Å²) in [7, 11) is 0. The van der Waals surface area contributed by atoms with Crippen molar-refractivity contribution in [3.8, 4) is 0 Å². The number of hydrogen-bond donors (Lipinski definition) is 0. The Morgan fingerprint density at radius 3 is 2.91 bits per heavy atom. The standard InChI is InChI=1S/C17H22F2N2O2/c1-3-9-17(16(22)23-4-2)10-6-11-21(17)20-12-13-7-5-8-14(18)15(13)19/h5,7-8,12H,3-4,6,9-11H2,1-2H3/t17-/m1/s1. The highest BCUT2D eigenvalue weighted by atomic mass is 19.2. The van der Waals surface area contributed by atoms with Crippen LogP contribution >= 0.6 is 0 Å². The van der Waals surface area contributed by atoms with E-state index in [0.29, 0.717) is 26.0 Å². The fourth-order valence-corrected chi connectivity index (χ4v) is 3.03. The molecule has 0 bridgehead atoms. The molecule has 1 aliphatic rings. The van der Waals surface area contributed by atoms with Gasteiger partial charge in [-0.2, -0.15) is 5.10 Å². The lowest BCUT2D eigenvalue weighted by molar-refractivity contribution is -0.156. The molecule has 23 heavy (non-hydrogen) atoms. The molecule has 0 aliphatic carbocycles. The fourth-order valence-electron chi connectivity index (χ4n) is 3.03. The van der Waals surface area contributed by atoms with E-state index >= 15 is 0 Å². The lowest BCUT2D eigenvalue weighted by atomic mass is 9.91. The number of carbonyl (C=O) groups excluding carboxylic acids is 1. The van der Waals surface area contributed by atoms with Crippen molar-refractivity contribution in [2.24, 2.45) is 5.10 Å². The van der Waals surface area contributed by atoms with Crippen LogP contribution in [0.5, 0.6) is 0 Å². The van der Waals surface area contributed by atoms with Crippen LogP contribution in [0.3, 0.4) is 0 Å². The Balaban J connectivity index is 2.27. The monoisotopic (exact) mass is 324 g/mol. The summed E-state index contributed by atoms with van der Waals surface area (Å²) in [6, 6.07) is 3.93. The Labute approximate surface area is 135 Å². The van der Waals surface area contributed by atoms with Gasteiger partial charge in [0.05, 0.1) is 12.8 Å². The van der Waals surface area contributed by atoms with Crippen molar-refractivity contribution in [3.63, 3.8) is 0 Å². The van der Waals surface area contributed by atoms with Crippen LogP contribution < -0.4 is 0 Å². The van der Waals surface area contributed by atoms with Crippen molar-refractivity contribution < 1.29 is 18.3 Å². The molecule has 4 nitrogen and oxygen atoms in total. The molecule has 0 aromatic heterocycles. The van der Waals surface area contributed by atoms with E-state index in [4.69, 9.17) is 4.74 Å². The third-order valence-electron chi connectivity index (χ3n) is 4.09. The number of rotatable bonds is 6. The van der Waals surface area contributed by atoms with Gasteiger partial charge >= 0.3 is 5.97 Å². The first-order chi connectivity index (χ1) is 11.0. The van der Waals surface area contributed by atoms with E-state index in [-0.39, 0.29) is 11.5 Å². The van der Waals surface area contributed by atoms with E-state index in [0.717, 1.165) is 18.9 Å². The number of hydrogen-bond acceptors (Lipinski definition) is 4. The number of benzene rings is 1. The van der Waals surface area contributed by atoms with Crippen LogP contribution in [0.1, 0.15) is 45.1 Å². The number of ether oxygens (including phenoxy) is 1. The summed E-state index contributed by atoms with van der Waals surface area (Å²) in [5.74, 6) is -2.15. The summed E-state index contributed by atoms with van der Waals surface area (Å²) in [5.41, 5.74) is -0.739. The summed E-state index contributed by atoms with van der Waals surface area (Å²) >= 11 is 0. The first-order valence-corrected chi connectivity index (χ1v) is 7.98. The van der Waals surface area contributed by atoms with E-state index < -0.39 is 17.2 Å². The third kappa shape index (κ3) is 3.51. The van der Waals surface area contributed by atoms with Crippen molar-refractivity contribution in [1.29, 1.82) is 0 Å². The van der Waals surface area contributed by atoms with E-state index in [1.54, 1.807) is 11.9 Å². The minimum absolute atomic E-state index is 0.0613. The molecule has 126 valence electrons. The molecule has 1 atom stereocenters. The van der Waals surface area contributed by atoms with Crippen LogP contribution in [0.2, 0.25) is 0 Å². The molecule has 1 aromatic carbocycles. The molecule has 6 heteroatoms. The van der Waals surface area contributed by atoms with Gasteiger partial charge in [0.25, 0.3) is 0 Å². The second-order valence-electron chi connectivity index (χ2n) is 5.62. The van der Waals surface area contributed by atoms with Crippen LogP contribution in [-0.4, -0.2) is 35.9 Å². The minimum Gasteiger partial charge on any atom is -0.464 e. The maximum Gasteiger partial charge on any atom is 0.333 e. The molecule has 0 radical (unpaired) electrons. The number of carbonyl (C=O) groups is 1. The topological polar surface area (TPSA) is 41.9 Å². The van der Waals surface area contributed by atoms with Crippen molar-refractivity contribution in [2.75, 3.05) is 13.2 Å². The highest BCUT2D eigenvalue weighted by molar-refractivity contribution is 5.83. The minimum atomic E-state index is -0.937. The normalized spacial score (nSPS) is 21.1. The average Bonchev–Trinajstić information content (AvgIpc) is 2.93. The van der Waals surface area contributed by atoms with E-state index in [2.05, 4.69) is 5.10 Å². The Morgan fingerprint density at radius 2 is 2.22 bits per heavy atom. The summed E-state index contributed by atoms with van der Waals surface area (Å²) in [6.07, 6.45) is 4.16. The van der Waals surface area contributed by atoms with Crippen molar-refractivity contribution in [2.45, 2.75) is 45.1 Å². The SMILES string of the molecule is CCC[C@]1(C(=O)OCC)CCCN1N=Cc1cccc(F)c1F. The lowest BCUT2D eigenvalue weighted by Crippen LogP contribution is -2.49. The van der Waals surface area contributed by atoms with Crippen molar-refractivity contribution in [3.05, 3.63) is 35.4 Å². The molecule has 0 amide bonds. The lowest BCUT2D eigenvalue weighted by Gasteiger charge is -2.34. The van der Waals surface area contributed by atoms with Gasteiger partial charge in [0.15, 0.2) is 17.2 Å². The first-order valence-electron chi connectivity index (χ1n) is 7.98. The van der Waals surface area contributed by atoms with Crippen molar-refractivity contribution >= 4 is 12.2 Å². The molecule has 0 saturated carbocycles. The molecule has 0 unspecified atom stereocenters. The van der Waals surface area contributed by atoms with Gasteiger partial charge in [-0.05, 0) is 32.3 Å². The Bertz CT molecular complexity index is 592. The summed E-state index contributed by atoms with van der Waals surface area (Å²) in [5, 5.41) is 5.94. The van der Waals surface area contributed by atoms with Gasteiger partial charge in [0.1, 0.15) is 0 Å². The molecular formula is C17H22F2N2O2. The predicted molar refractivity (Wildman–Crippen MR) is 84.2 cm³/mol. The highest BCUT2D eigenvalue weighted by Gasteiger charge is 2.47. The number of halogens is 2. The van der Waals surface area contributed by atoms with Gasteiger partial charge in [-0.3, -0.25) is 5.01 Å². The first kappa shape index (κ1) is 17.4. The molecule has 0 spiro atoms. The zero-order valence-corrected chi connectivity index (χ0v) is 13.5. The summed E-state index contributed by atoms with van der Waals surface area (Å²) in [6.45, 7) is 4.66. The summed E-state index contributed by atoms with van der Waals surface area (Å²) < 4.78 is 32.2. The van der Waals surface area contributed by atoms with Gasteiger partial charge < -0.3 is 4.74 Å². The van der Waals surface area contributed by atoms with Gasteiger partial charge in [-0.25, -0.2) is 13.6 Å². The fraction of sp³-hybridized carbons (Fsp3) is 0.529. The molecule has 1 aromatic rings. The maximum atomic E-state index is 13.7. The van der Waals surface area contributed by atoms with Crippen LogP contribution in [-0.2, 0) is 9.53 Å². The van der Waals surface area contributed by atoms with Crippen molar-refractivity contribution in [1.82, 2.24) is 5.01 Å². The average molecular weight is 324 g/mol. The largest absolute Gasteiger partial charge is 0.464 e. The molecule has 1 fully saturated rings. The van der Waals surface area contributed by atoms with E-state index in [1.165, 1.54) is 18.3 Å². The Hall–Kier alpha value is -1.98. The third-order valence-corrected chi connectivity index (χ3v) is 4.09. The van der Waals surface area contributed by atoms with Crippen LogP contribution in [0.25, 0.3) is 0 Å². The molecule has 1 saturated heterocycles. The second kappa shape index (κ2) is 7.53. The Kier molecular flexibility index (Phi) is 5.69. The van der Waals surface area contributed by atoms with Crippen LogP contribution in [0.4, 0.5) is 8.78 Å². The molecule has 1 heterocycles. The molecular weight excluding hydrogens is 302 g/mol.